The number of Topliss-reactive ketones (excluding diaryl/α,β-unsaturated/α-hetero) is 1. The van der Waals surface area contributed by atoms with Crippen molar-refractivity contribution in [2.75, 3.05) is 6.61 Å². The maximum Gasteiger partial charge on any atom is 0.343 e. The number of ether oxygens (including phenoxy) is 2. The van der Waals surface area contributed by atoms with Crippen molar-refractivity contribution in [3.63, 3.8) is 0 Å². The Morgan fingerprint density at radius 2 is 1.46 bits per heavy atom. The van der Waals surface area contributed by atoms with Crippen molar-refractivity contribution in [3.05, 3.63) is 65.2 Å². The molecule has 0 aliphatic rings. The second-order valence-electron chi connectivity index (χ2n) is 6.55. The van der Waals surface area contributed by atoms with Crippen molar-refractivity contribution in [1.82, 2.24) is 0 Å². The molecule has 0 fully saturated rings. The number of carbonyl (C=O) groups excluding carboxylic acids is 3. The third-order valence-corrected chi connectivity index (χ3v) is 4.21. The molecule has 0 saturated heterocycles. The maximum atomic E-state index is 12.3. The summed E-state index contributed by atoms with van der Waals surface area (Å²) < 4.78 is 10.3. The number of esters is 2. The van der Waals surface area contributed by atoms with Gasteiger partial charge in [0.2, 0.25) is 0 Å². The molecule has 0 amide bonds. The van der Waals surface area contributed by atoms with Crippen LogP contribution in [0.5, 0.6) is 5.75 Å². The highest BCUT2D eigenvalue weighted by Gasteiger charge is 2.12. The molecule has 0 radical (unpaired) electrons. The van der Waals surface area contributed by atoms with Crippen LogP contribution in [-0.2, 0) is 16.0 Å². The Morgan fingerprint density at radius 3 is 2.07 bits per heavy atom. The summed E-state index contributed by atoms with van der Waals surface area (Å²) >= 11 is 0. The zero-order valence-corrected chi connectivity index (χ0v) is 16.4. The van der Waals surface area contributed by atoms with Gasteiger partial charge < -0.3 is 9.47 Å². The van der Waals surface area contributed by atoms with Gasteiger partial charge in [-0.15, -0.1) is 0 Å². The monoisotopic (exact) mass is 382 g/mol. The van der Waals surface area contributed by atoms with Gasteiger partial charge in [-0.3, -0.25) is 9.59 Å². The second kappa shape index (κ2) is 11.0. The standard InChI is InChI=1S/C23H26O5/c1-3-5-7-17-8-10-19(11-9-17)23(26)28-20-14-12-18(13-15-20)21(24)16-27-22(25)6-4-2/h8-15H,3-7,16H2,1-2H3. The number of rotatable bonds is 10. The van der Waals surface area contributed by atoms with Crippen molar-refractivity contribution < 1.29 is 23.9 Å². The minimum Gasteiger partial charge on any atom is -0.457 e. The van der Waals surface area contributed by atoms with Gasteiger partial charge in [-0.2, -0.15) is 0 Å². The number of carbonyl (C=O) groups is 3. The number of aryl methyl sites for hydroxylation is 1. The van der Waals surface area contributed by atoms with E-state index in [2.05, 4.69) is 6.92 Å². The van der Waals surface area contributed by atoms with Crippen LogP contribution in [0.3, 0.4) is 0 Å². The molecule has 5 heteroatoms. The third-order valence-electron chi connectivity index (χ3n) is 4.21. The van der Waals surface area contributed by atoms with Gasteiger partial charge >= 0.3 is 11.9 Å². The van der Waals surface area contributed by atoms with E-state index in [9.17, 15) is 14.4 Å². The van der Waals surface area contributed by atoms with Crippen molar-refractivity contribution >= 4 is 17.7 Å². The van der Waals surface area contributed by atoms with Crippen molar-refractivity contribution in [1.29, 1.82) is 0 Å². The molecule has 5 nitrogen and oxygen atoms in total. The molecule has 0 aliphatic heterocycles. The minimum absolute atomic E-state index is 0.289. The SMILES string of the molecule is CCCCc1ccc(C(=O)Oc2ccc(C(=O)COC(=O)CCC)cc2)cc1. The van der Waals surface area contributed by atoms with Gasteiger partial charge in [0.25, 0.3) is 0 Å². The topological polar surface area (TPSA) is 69.7 Å². The predicted molar refractivity (Wildman–Crippen MR) is 107 cm³/mol. The molecule has 0 N–H and O–H groups in total. The molecule has 0 saturated carbocycles. The van der Waals surface area contributed by atoms with Gasteiger partial charge in [0.15, 0.2) is 12.4 Å². The van der Waals surface area contributed by atoms with E-state index in [4.69, 9.17) is 9.47 Å². The minimum atomic E-state index is -0.449. The highest BCUT2D eigenvalue weighted by Crippen LogP contribution is 2.16. The fourth-order valence-corrected chi connectivity index (χ4v) is 2.57. The first-order chi connectivity index (χ1) is 13.5. The fraction of sp³-hybridized carbons (Fsp3) is 0.348. The Morgan fingerprint density at radius 1 is 0.821 bits per heavy atom. The van der Waals surface area contributed by atoms with E-state index in [1.54, 1.807) is 36.4 Å². The second-order valence-corrected chi connectivity index (χ2v) is 6.55. The van der Waals surface area contributed by atoms with Crippen LogP contribution in [0.2, 0.25) is 0 Å². The molecule has 0 heterocycles. The third kappa shape index (κ3) is 6.65. The molecular weight excluding hydrogens is 356 g/mol. The molecule has 2 aromatic carbocycles. The summed E-state index contributed by atoms with van der Waals surface area (Å²) in [6.45, 7) is 3.72. The van der Waals surface area contributed by atoms with Crippen molar-refractivity contribution in [3.8, 4) is 5.75 Å². The average Bonchev–Trinajstić information content (AvgIpc) is 2.71. The van der Waals surface area contributed by atoms with Crippen LogP contribution in [0.1, 0.15) is 65.8 Å². The zero-order valence-electron chi connectivity index (χ0n) is 16.4. The highest BCUT2D eigenvalue weighted by molar-refractivity contribution is 5.98. The quantitative estimate of drug-likeness (QED) is 0.336. The van der Waals surface area contributed by atoms with E-state index in [1.165, 1.54) is 5.56 Å². The molecule has 0 aromatic heterocycles. The van der Waals surface area contributed by atoms with Crippen molar-refractivity contribution in [2.24, 2.45) is 0 Å². The Bertz CT molecular complexity index is 791. The number of hydrogen-bond donors (Lipinski definition) is 0. The zero-order chi connectivity index (χ0) is 20.4. The Kier molecular flexibility index (Phi) is 8.40. The van der Waals surface area contributed by atoms with Gasteiger partial charge in [0, 0.05) is 12.0 Å². The predicted octanol–water partition coefficient (Wildman–Crippen LogP) is 4.77. The summed E-state index contributed by atoms with van der Waals surface area (Å²) in [4.78, 5) is 35.6. The van der Waals surface area contributed by atoms with Crippen LogP contribution < -0.4 is 4.74 Å². The normalized spacial score (nSPS) is 10.4. The lowest BCUT2D eigenvalue weighted by Crippen LogP contribution is -2.14. The van der Waals surface area contributed by atoms with Crippen LogP contribution in [0, 0.1) is 0 Å². The number of ketones is 1. The molecule has 0 spiro atoms. The summed E-state index contributed by atoms with van der Waals surface area (Å²) in [5.74, 6) is -0.790. The molecule has 2 aromatic rings. The van der Waals surface area contributed by atoms with E-state index in [-0.39, 0.29) is 18.4 Å². The fourth-order valence-electron chi connectivity index (χ4n) is 2.57. The Balaban J connectivity index is 1.90. The van der Waals surface area contributed by atoms with Crippen molar-refractivity contribution in [2.45, 2.75) is 46.0 Å². The van der Waals surface area contributed by atoms with E-state index in [0.29, 0.717) is 29.7 Å². The van der Waals surface area contributed by atoms with Crippen LogP contribution in [0.25, 0.3) is 0 Å². The van der Waals surface area contributed by atoms with Gasteiger partial charge in [-0.25, -0.2) is 4.79 Å². The van der Waals surface area contributed by atoms with Gasteiger partial charge in [-0.05, 0) is 61.2 Å². The highest BCUT2D eigenvalue weighted by atomic mass is 16.5. The summed E-state index contributed by atoms with van der Waals surface area (Å²) in [5, 5.41) is 0. The maximum absolute atomic E-state index is 12.3. The molecule has 148 valence electrons. The first-order valence-corrected chi connectivity index (χ1v) is 9.63. The summed E-state index contributed by atoms with van der Waals surface area (Å²) in [5.41, 5.74) is 2.06. The molecule has 2 rings (SSSR count). The van der Waals surface area contributed by atoms with Crippen LogP contribution >= 0.6 is 0 Å². The molecule has 0 unspecified atom stereocenters. The Hall–Kier alpha value is -2.95. The van der Waals surface area contributed by atoms with Crippen LogP contribution in [0.15, 0.2) is 48.5 Å². The lowest BCUT2D eigenvalue weighted by atomic mass is 10.1. The first kappa shape index (κ1) is 21.4. The smallest absolute Gasteiger partial charge is 0.343 e. The molecular formula is C23H26O5. The number of benzene rings is 2. The Labute approximate surface area is 165 Å². The van der Waals surface area contributed by atoms with E-state index in [1.807, 2.05) is 19.1 Å². The summed E-state index contributed by atoms with van der Waals surface area (Å²) in [6, 6.07) is 13.6. The van der Waals surface area contributed by atoms with Gasteiger partial charge in [0.05, 0.1) is 5.56 Å². The number of unbranched alkanes of at least 4 members (excludes halogenated alkanes) is 1. The van der Waals surface area contributed by atoms with Crippen LogP contribution in [-0.4, -0.2) is 24.3 Å². The molecule has 0 bridgehead atoms. The molecule has 28 heavy (non-hydrogen) atoms. The molecule has 0 atom stereocenters. The lowest BCUT2D eigenvalue weighted by molar-refractivity contribution is -0.142. The molecule has 0 aliphatic carbocycles. The number of hydrogen-bond acceptors (Lipinski definition) is 5. The van der Waals surface area contributed by atoms with Crippen LogP contribution in [0.4, 0.5) is 0 Å². The van der Waals surface area contributed by atoms with E-state index < -0.39 is 5.97 Å². The average molecular weight is 382 g/mol. The summed E-state index contributed by atoms with van der Waals surface area (Å²) in [7, 11) is 0. The largest absolute Gasteiger partial charge is 0.457 e. The van der Waals surface area contributed by atoms with E-state index in [0.717, 1.165) is 19.3 Å². The van der Waals surface area contributed by atoms with Gasteiger partial charge in [0.1, 0.15) is 5.75 Å². The van der Waals surface area contributed by atoms with Gasteiger partial charge in [-0.1, -0.05) is 32.4 Å². The first-order valence-electron chi connectivity index (χ1n) is 9.63. The summed E-state index contributed by atoms with van der Waals surface area (Å²) in [6.07, 6.45) is 4.21. The lowest BCUT2D eigenvalue weighted by Gasteiger charge is -2.07. The van der Waals surface area contributed by atoms with E-state index >= 15 is 0 Å².